The van der Waals surface area contributed by atoms with Crippen LogP contribution in [0.4, 0.5) is 0 Å². The van der Waals surface area contributed by atoms with E-state index in [9.17, 15) is 9.59 Å². The van der Waals surface area contributed by atoms with Crippen LogP contribution in [0.5, 0.6) is 0 Å². The van der Waals surface area contributed by atoms with Crippen molar-refractivity contribution in [2.24, 2.45) is 7.05 Å². The Hall–Kier alpha value is -2.89. The van der Waals surface area contributed by atoms with E-state index in [1.807, 2.05) is 12.1 Å². The number of fused-ring (bicyclic) bond motifs is 1. The van der Waals surface area contributed by atoms with Crippen LogP contribution in [0.15, 0.2) is 52.1 Å². The van der Waals surface area contributed by atoms with Gasteiger partial charge >= 0.3 is 0 Å². The van der Waals surface area contributed by atoms with Gasteiger partial charge < -0.3 is 9.73 Å². The molecule has 0 aliphatic heterocycles. The predicted octanol–water partition coefficient (Wildman–Crippen LogP) is 1.46. The molecule has 1 amide bonds. The summed E-state index contributed by atoms with van der Waals surface area (Å²) in [6.45, 7) is 0.235. The zero-order valence-corrected chi connectivity index (χ0v) is 11.4. The van der Waals surface area contributed by atoms with Crippen molar-refractivity contribution >= 4 is 16.7 Å². The van der Waals surface area contributed by atoms with Crippen LogP contribution in [0.1, 0.15) is 16.1 Å². The summed E-state index contributed by atoms with van der Waals surface area (Å²) in [4.78, 5) is 23.9. The highest BCUT2D eigenvalue weighted by molar-refractivity contribution is 5.94. The number of benzene rings is 1. The van der Waals surface area contributed by atoms with Gasteiger partial charge in [-0.2, -0.15) is 5.10 Å². The molecule has 21 heavy (non-hydrogen) atoms. The molecule has 1 aromatic carbocycles. The highest BCUT2D eigenvalue weighted by Crippen LogP contribution is 2.13. The standard InChI is InChI=1S/C15H13N3O3/c1-18-15(20)12-5-3-2-4-11(12)13(17-18)8-16-14(19)10-6-7-21-9-10/h2-7,9H,8H2,1H3,(H,16,19). The van der Waals surface area contributed by atoms with E-state index >= 15 is 0 Å². The fourth-order valence-electron chi connectivity index (χ4n) is 2.17. The number of carbonyl (C=O) groups excluding carboxylic acids is 1. The number of furan rings is 1. The topological polar surface area (TPSA) is 77.1 Å². The number of aromatic nitrogens is 2. The molecule has 0 saturated heterocycles. The number of nitrogens with one attached hydrogen (secondary N) is 1. The normalized spacial score (nSPS) is 10.7. The maximum Gasteiger partial charge on any atom is 0.274 e. The summed E-state index contributed by atoms with van der Waals surface area (Å²) in [7, 11) is 1.59. The summed E-state index contributed by atoms with van der Waals surface area (Å²) in [5.74, 6) is -0.247. The Kier molecular flexibility index (Phi) is 3.27. The Balaban J connectivity index is 1.93. The fraction of sp³-hybridized carbons (Fsp3) is 0.133. The SMILES string of the molecule is Cn1nc(CNC(=O)c2ccoc2)c2ccccc2c1=O. The minimum absolute atomic E-state index is 0.157. The number of carbonyl (C=O) groups is 1. The molecule has 0 aliphatic rings. The minimum atomic E-state index is -0.247. The second-order valence-corrected chi connectivity index (χ2v) is 4.62. The molecular weight excluding hydrogens is 270 g/mol. The Morgan fingerprint density at radius 2 is 2.05 bits per heavy atom. The zero-order valence-electron chi connectivity index (χ0n) is 11.4. The second kappa shape index (κ2) is 5.24. The van der Waals surface area contributed by atoms with Gasteiger partial charge in [-0.15, -0.1) is 0 Å². The molecule has 2 aromatic heterocycles. The van der Waals surface area contributed by atoms with Crippen molar-refractivity contribution in [3.05, 3.63) is 64.5 Å². The van der Waals surface area contributed by atoms with Gasteiger partial charge in [-0.1, -0.05) is 18.2 Å². The zero-order chi connectivity index (χ0) is 14.8. The lowest BCUT2D eigenvalue weighted by Gasteiger charge is -2.08. The molecule has 6 nitrogen and oxygen atoms in total. The average Bonchev–Trinajstić information content (AvgIpc) is 3.03. The van der Waals surface area contributed by atoms with Gasteiger partial charge in [-0.25, -0.2) is 4.68 Å². The van der Waals surface area contributed by atoms with Crippen LogP contribution < -0.4 is 10.9 Å². The molecule has 0 atom stereocenters. The van der Waals surface area contributed by atoms with E-state index in [0.29, 0.717) is 16.6 Å². The average molecular weight is 283 g/mol. The first-order valence-electron chi connectivity index (χ1n) is 6.42. The molecule has 0 fully saturated rings. The van der Waals surface area contributed by atoms with Crippen LogP contribution in [0.3, 0.4) is 0 Å². The molecule has 3 aromatic rings. The fourth-order valence-corrected chi connectivity index (χ4v) is 2.17. The highest BCUT2D eigenvalue weighted by Gasteiger charge is 2.11. The molecule has 1 N–H and O–H groups in total. The number of hydrogen-bond donors (Lipinski definition) is 1. The third kappa shape index (κ3) is 2.43. The third-order valence-electron chi connectivity index (χ3n) is 3.23. The number of nitrogens with zero attached hydrogens (tertiary/aromatic N) is 2. The van der Waals surface area contributed by atoms with E-state index in [1.165, 1.54) is 17.2 Å². The van der Waals surface area contributed by atoms with Crippen LogP contribution in [0.2, 0.25) is 0 Å². The quantitative estimate of drug-likeness (QED) is 0.789. The van der Waals surface area contributed by atoms with E-state index in [4.69, 9.17) is 4.42 Å². The minimum Gasteiger partial charge on any atom is -0.472 e. The number of rotatable bonds is 3. The van der Waals surface area contributed by atoms with Gasteiger partial charge in [-0.3, -0.25) is 9.59 Å². The maximum atomic E-state index is 12.0. The van der Waals surface area contributed by atoms with Crippen LogP contribution in [-0.2, 0) is 13.6 Å². The summed E-state index contributed by atoms with van der Waals surface area (Å²) in [6, 6.07) is 8.80. The highest BCUT2D eigenvalue weighted by atomic mass is 16.3. The lowest BCUT2D eigenvalue weighted by Crippen LogP contribution is -2.27. The third-order valence-corrected chi connectivity index (χ3v) is 3.23. The molecule has 106 valence electrons. The molecule has 2 heterocycles. The van der Waals surface area contributed by atoms with Crippen LogP contribution >= 0.6 is 0 Å². The molecule has 0 saturated carbocycles. The predicted molar refractivity (Wildman–Crippen MR) is 76.9 cm³/mol. The smallest absolute Gasteiger partial charge is 0.274 e. The van der Waals surface area contributed by atoms with Crippen molar-refractivity contribution in [1.29, 1.82) is 0 Å². The van der Waals surface area contributed by atoms with Crippen molar-refractivity contribution in [3.63, 3.8) is 0 Å². The van der Waals surface area contributed by atoms with E-state index in [-0.39, 0.29) is 18.0 Å². The van der Waals surface area contributed by atoms with Crippen molar-refractivity contribution in [3.8, 4) is 0 Å². The summed E-state index contributed by atoms with van der Waals surface area (Å²) < 4.78 is 6.15. The van der Waals surface area contributed by atoms with E-state index in [1.54, 1.807) is 25.2 Å². The van der Waals surface area contributed by atoms with E-state index in [2.05, 4.69) is 10.4 Å². The van der Waals surface area contributed by atoms with Gasteiger partial charge in [0.2, 0.25) is 0 Å². The van der Waals surface area contributed by atoms with Gasteiger partial charge in [0.05, 0.1) is 29.5 Å². The molecule has 0 bridgehead atoms. The summed E-state index contributed by atoms with van der Waals surface area (Å²) in [5.41, 5.74) is 0.934. The van der Waals surface area contributed by atoms with Gasteiger partial charge in [0, 0.05) is 12.4 Å². The molecular formula is C15H13N3O3. The number of aryl methyl sites for hydroxylation is 1. The van der Waals surface area contributed by atoms with Crippen molar-refractivity contribution < 1.29 is 9.21 Å². The monoisotopic (exact) mass is 283 g/mol. The Morgan fingerprint density at radius 1 is 1.29 bits per heavy atom. The van der Waals surface area contributed by atoms with Crippen LogP contribution in [0, 0.1) is 0 Å². The largest absolute Gasteiger partial charge is 0.472 e. The number of amides is 1. The van der Waals surface area contributed by atoms with Gasteiger partial charge in [0.15, 0.2) is 0 Å². The van der Waals surface area contributed by atoms with Gasteiger partial charge in [0.25, 0.3) is 11.5 Å². The first kappa shape index (κ1) is 13.1. The number of hydrogen-bond acceptors (Lipinski definition) is 4. The van der Waals surface area contributed by atoms with Crippen molar-refractivity contribution in [2.75, 3.05) is 0 Å². The molecule has 3 rings (SSSR count). The van der Waals surface area contributed by atoms with Crippen LogP contribution in [0.25, 0.3) is 10.8 Å². The summed E-state index contributed by atoms with van der Waals surface area (Å²) in [5, 5.41) is 8.31. The van der Waals surface area contributed by atoms with Crippen LogP contribution in [-0.4, -0.2) is 15.7 Å². The Morgan fingerprint density at radius 3 is 2.76 bits per heavy atom. The van der Waals surface area contributed by atoms with Crippen molar-refractivity contribution in [2.45, 2.75) is 6.54 Å². The first-order chi connectivity index (χ1) is 10.2. The van der Waals surface area contributed by atoms with E-state index < -0.39 is 0 Å². The molecule has 6 heteroatoms. The lowest BCUT2D eigenvalue weighted by atomic mass is 10.1. The maximum absolute atomic E-state index is 12.0. The molecule has 0 radical (unpaired) electrons. The molecule has 0 unspecified atom stereocenters. The van der Waals surface area contributed by atoms with Gasteiger partial charge in [0.1, 0.15) is 6.26 Å². The molecule has 0 spiro atoms. The van der Waals surface area contributed by atoms with E-state index in [0.717, 1.165) is 5.39 Å². The Bertz CT molecular complexity index is 850. The first-order valence-corrected chi connectivity index (χ1v) is 6.42. The summed E-state index contributed by atoms with van der Waals surface area (Å²) >= 11 is 0. The summed E-state index contributed by atoms with van der Waals surface area (Å²) in [6.07, 6.45) is 2.82. The van der Waals surface area contributed by atoms with Crippen molar-refractivity contribution in [1.82, 2.24) is 15.1 Å². The lowest BCUT2D eigenvalue weighted by molar-refractivity contribution is 0.0950. The molecule has 0 aliphatic carbocycles. The second-order valence-electron chi connectivity index (χ2n) is 4.62. The Labute approximate surface area is 120 Å². The van der Waals surface area contributed by atoms with Gasteiger partial charge in [-0.05, 0) is 12.1 Å².